The van der Waals surface area contributed by atoms with Crippen LogP contribution in [0.1, 0.15) is 24.0 Å². The first-order valence-corrected chi connectivity index (χ1v) is 10.5. The lowest BCUT2D eigenvalue weighted by Gasteiger charge is -2.21. The largest absolute Gasteiger partial charge is 0.395 e. The van der Waals surface area contributed by atoms with Gasteiger partial charge in [-0.2, -0.15) is 5.10 Å². The van der Waals surface area contributed by atoms with Gasteiger partial charge in [0.05, 0.1) is 25.4 Å². The molecule has 3 aromatic rings. The van der Waals surface area contributed by atoms with Crippen LogP contribution in [0, 0.1) is 0 Å². The van der Waals surface area contributed by atoms with E-state index in [-0.39, 0.29) is 18.6 Å². The van der Waals surface area contributed by atoms with Crippen molar-refractivity contribution in [2.24, 2.45) is 0 Å². The fourth-order valence-corrected chi connectivity index (χ4v) is 4.03. The molecule has 2 N–H and O–H groups in total. The monoisotopic (exact) mass is 404 g/mol. The summed E-state index contributed by atoms with van der Waals surface area (Å²) in [5.41, 5.74) is 4.10. The minimum absolute atomic E-state index is 0.0230. The average Bonchev–Trinajstić information content (AvgIpc) is 3.40. The van der Waals surface area contributed by atoms with Crippen LogP contribution >= 0.6 is 0 Å². The maximum absolute atomic E-state index is 12.5. The third kappa shape index (κ3) is 4.96. The highest BCUT2D eigenvalue weighted by molar-refractivity contribution is 5.78. The van der Waals surface area contributed by atoms with Crippen LogP contribution in [0.15, 0.2) is 66.9 Å². The van der Waals surface area contributed by atoms with E-state index in [0.29, 0.717) is 19.6 Å². The molecule has 1 aliphatic heterocycles. The second kappa shape index (κ2) is 9.69. The molecule has 30 heavy (non-hydrogen) atoms. The number of amides is 1. The summed E-state index contributed by atoms with van der Waals surface area (Å²) in [4.78, 5) is 14.6. The van der Waals surface area contributed by atoms with Crippen LogP contribution in [-0.2, 0) is 17.9 Å². The topological polar surface area (TPSA) is 70.4 Å². The molecule has 0 saturated carbocycles. The Labute approximate surface area is 177 Å². The van der Waals surface area contributed by atoms with Gasteiger partial charge in [0.15, 0.2) is 0 Å². The molecule has 1 saturated heterocycles. The van der Waals surface area contributed by atoms with E-state index >= 15 is 0 Å². The van der Waals surface area contributed by atoms with Gasteiger partial charge in [-0.15, -0.1) is 0 Å². The lowest BCUT2D eigenvalue weighted by Crippen LogP contribution is -2.40. The van der Waals surface area contributed by atoms with E-state index in [0.717, 1.165) is 36.2 Å². The number of aliphatic hydroxyl groups is 1. The van der Waals surface area contributed by atoms with Crippen molar-refractivity contribution in [2.75, 3.05) is 19.7 Å². The Kier molecular flexibility index (Phi) is 6.57. The molecule has 1 aromatic heterocycles. The highest BCUT2D eigenvalue weighted by Gasteiger charge is 2.25. The van der Waals surface area contributed by atoms with E-state index in [1.54, 1.807) is 0 Å². The van der Waals surface area contributed by atoms with E-state index in [1.807, 2.05) is 59.4 Å². The molecule has 0 aliphatic carbocycles. The Bertz CT molecular complexity index is 956. The van der Waals surface area contributed by atoms with Crippen LogP contribution in [0.5, 0.6) is 0 Å². The van der Waals surface area contributed by atoms with E-state index < -0.39 is 0 Å². The van der Waals surface area contributed by atoms with Crippen LogP contribution in [0.4, 0.5) is 0 Å². The zero-order valence-electron chi connectivity index (χ0n) is 17.1. The van der Waals surface area contributed by atoms with Gasteiger partial charge in [-0.3, -0.25) is 14.4 Å². The molecule has 2 aromatic carbocycles. The Hall–Kier alpha value is -2.96. The molecule has 4 rings (SSSR count). The summed E-state index contributed by atoms with van der Waals surface area (Å²) in [7, 11) is 0. The Morgan fingerprint density at radius 3 is 2.57 bits per heavy atom. The van der Waals surface area contributed by atoms with E-state index in [9.17, 15) is 9.90 Å². The van der Waals surface area contributed by atoms with Gasteiger partial charge < -0.3 is 10.4 Å². The highest BCUT2D eigenvalue weighted by atomic mass is 16.3. The standard InChI is InChI=1S/C24H28N4O2/c29-18-22-12-7-13-27(22)17-23(30)25-14-21-16-28(15-19-8-3-1-4-9-19)26-24(21)20-10-5-2-6-11-20/h1-6,8-11,16,22,29H,7,12-15,17-18H2,(H,25,30). The van der Waals surface area contributed by atoms with E-state index in [4.69, 9.17) is 5.10 Å². The first kappa shape index (κ1) is 20.3. The van der Waals surface area contributed by atoms with Gasteiger partial charge in [0, 0.05) is 29.9 Å². The SMILES string of the molecule is O=C(CN1CCCC1CO)NCc1cn(Cc2ccccc2)nc1-c1ccccc1. The number of hydrogen-bond donors (Lipinski definition) is 2. The molecule has 6 nitrogen and oxygen atoms in total. The molecule has 1 aliphatic rings. The van der Waals surface area contributed by atoms with Gasteiger partial charge in [-0.1, -0.05) is 60.7 Å². The number of aliphatic hydroxyl groups excluding tert-OH is 1. The van der Waals surface area contributed by atoms with Gasteiger partial charge in [0.1, 0.15) is 0 Å². The van der Waals surface area contributed by atoms with Crippen LogP contribution < -0.4 is 5.32 Å². The van der Waals surface area contributed by atoms with Crippen LogP contribution in [0.3, 0.4) is 0 Å². The number of likely N-dealkylation sites (tertiary alicyclic amines) is 1. The number of hydrogen-bond acceptors (Lipinski definition) is 4. The molecule has 1 atom stereocenters. The van der Waals surface area contributed by atoms with Crippen molar-refractivity contribution in [1.29, 1.82) is 0 Å². The minimum Gasteiger partial charge on any atom is -0.395 e. The van der Waals surface area contributed by atoms with Crippen LogP contribution in [0.2, 0.25) is 0 Å². The minimum atomic E-state index is -0.0230. The van der Waals surface area contributed by atoms with Crippen molar-refractivity contribution in [2.45, 2.75) is 32.0 Å². The van der Waals surface area contributed by atoms with Gasteiger partial charge in [-0.25, -0.2) is 0 Å². The summed E-state index contributed by atoms with van der Waals surface area (Å²) in [5.74, 6) is -0.0230. The fraction of sp³-hybridized carbons (Fsp3) is 0.333. The second-order valence-corrected chi connectivity index (χ2v) is 7.78. The predicted octanol–water partition coefficient (Wildman–Crippen LogP) is 2.67. The van der Waals surface area contributed by atoms with Crippen molar-refractivity contribution >= 4 is 5.91 Å². The zero-order chi connectivity index (χ0) is 20.8. The summed E-state index contributed by atoms with van der Waals surface area (Å²) in [6.45, 7) is 2.40. The summed E-state index contributed by atoms with van der Waals surface area (Å²) in [6, 6.07) is 20.4. The molecular weight excluding hydrogens is 376 g/mol. The predicted molar refractivity (Wildman–Crippen MR) is 117 cm³/mol. The van der Waals surface area contributed by atoms with Gasteiger partial charge >= 0.3 is 0 Å². The molecule has 0 radical (unpaired) electrons. The van der Waals surface area contributed by atoms with Gasteiger partial charge in [-0.05, 0) is 24.9 Å². The maximum Gasteiger partial charge on any atom is 0.234 e. The third-order valence-corrected chi connectivity index (χ3v) is 5.60. The number of carbonyl (C=O) groups excluding carboxylic acids is 1. The van der Waals surface area contributed by atoms with E-state index in [2.05, 4.69) is 22.3 Å². The van der Waals surface area contributed by atoms with Crippen molar-refractivity contribution in [3.05, 3.63) is 78.0 Å². The number of rotatable bonds is 8. The maximum atomic E-state index is 12.5. The molecule has 1 unspecified atom stereocenters. The molecule has 1 amide bonds. The molecule has 2 heterocycles. The quantitative estimate of drug-likeness (QED) is 0.606. The summed E-state index contributed by atoms with van der Waals surface area (Å²) < 4.78 is 1.93. The Morgan fingerprint density at radius 2 is 1.83 bits per heavy atom. The molecule has 1 fully saturated rings. The summed E-state index contributed by atoms with van der Waals surface area (Å²) >= 11 is 0. The molecule has 0 bridgehead atoms. The number of nitrogens with zero attached hydrogens (tertiary/aromatic N) is 3. The third-order valence-electron chi connectivity index (χ3n) is 5.60. The molecule has 156 valence electrons. The Morgan fingerprint density at radius 1 is 1.10 bits per heavy atom. The fourth-order valence-electron chi connectivity index (χ4n) is 4.03. The molecular formula is C24H28N4O2. The van der Waals surface area contributed by atoms with Crippen LogP contribution in [0.25, 0.3) is 11.3 Å². The highest BCUT2D eigenvalue weighted by Crippen LogP contribution is 2.22. The normalized spacial score (nSPS) is 16.6. The number of aromatic nitrogens is 2. The van der Waals surface area contributed by atoms with Crippen LogP contribution in [-0.4, -0.2) is 51.4 Å². The summed E-state index contributed by atoms with van der Waals surface area (Å²) in [6.07, 6.45) is 4.00. The second-order valence-electron chi connectivity index (χ2n) is 7.78. The van der Waals surface area contributed by atoms with Crippen molar-refractivity contribution in [1.82, 2.24) is 20.0 Å². The summed E-state index contributed by atoms with van der Waals surface area (Å²) in [5, 5.41) is 17.3. The number of carbonyl (C=O) groups is 1. The number of nitrogens with one attached hydrogen (secondary N) is 1. The van der Waals surface area contributed by atoms with Gasteiger partial charge in [0.25, 0.3) is 0 Å². The molecule has 6 heteroatoms. The van der Waals surface area contributed by atoms with Crippen molar-refractivity contribution < 1.29 is 9.90 Å². The average molecular weight is 405 g/mol. The van der Waals surface area contributed by atoms with Crippen molar-refractivity contribution in [3.63, 3.8) is 0 Å². The number of benzene rings is 2. The zero-order valence-corrected chi connectivity index (χ0v) is 17.1. The first-order valence-electron chi connectivity index (χ1n) is 10.5. The smallest absolute Gasteiger partial charge is 0.234 e. The van der Waals surface area contributed by atoms with E-state index in [1.165, 1.54) is 5.56 Å². The lowest BCUT2D eigenvalue weighted by molar-refractivity contribution is -0.122. The van der Waals surface area contributed by atoms with Crippen molar-refractivity contribution in [3.8, 4) is 11.3 Å². The Balaban J connectivity index is 1.47. The molecule has 0 spiro atoms. The first-order chi connectivity index (χ1) is 14.7. The lowest BCUT2D eigenvalue weighted by atomic mass is 10.1. The van der Waals surface area contributed by atoms with Gasteiger partial charge in [0.2, 0.25) is 5.91 Å².